The predicted octanol–water partition coefficient (Wildman–Crippen LogP) is 4.01. The number of rotatable bonds is 6. The van der Waals surface area contributed by atoms with Crippen molar-refractivity contribution in [2.45, 2.75) is 38.9 Å². The largest absolute Gasteiger partial charge is 0.410 e. The smallest absolute Gasteiger partial charge is 0.395 e. The monoisotopic (exact) mass is 566 g/mol. The number of anilines is 2. The van der Waals surface area contributed by atoms with Crippen molar-refractivity contribution in [1.82, 2.24) is 24.8 Å². The van der Waals surface area contributed by atoms with Crippen molar-refractivity contribution in [2.24, 2.45) is 5.41 Å². The molecule has 1 atom stereocenters. The number of nitrogens with zero attached hydrogens (tertiary/aromatic N) is 5. The van der Waals surface area contributed by atoms with Crippen molar-refractivity contribution < 1.29 is 27.9 Å². The molecule has 0 aromatic carbocycles. The van der Waals surface area contributed by atoms with Gasteiger partial charge >= 0.3 is 6.18 Å². The second kappa shape index (κ2) is 9.89. The predicted molar refractivity (Wildman–Crippen MR) is 136 cm³/mol. The van der Waals surface area contributed by atoms with Gasteiger partial charge in [0.25, 0.3) is 5.91 Å². The van der Waals surface area contributed by atoms with Gasteiger partial charge in [-0.05, 0) is 38.8 Å². The Morgan fingerprint density at radius 3 is 2.55 bits per heavy atom. The molecule has 2 fully saturated rings. The average molecular weight is 567 g/mol. The van der Waals surface area contributed by atoms with Crippen molar-refractivity contribution in [3.05, 3.63) is 40.0 Å². The van der Waals surface area contributed by atoms with Crippen LogP contribution < -0.4 is 5.32 Å². The Hall–Kier alpha value is -3.10. The van der Waals surface area contributed by atoms with Crippen LogP contribution in [0.2, 0.25) is 0 Å². The van der Waals surface area contributed by atoms with Gasteiger partial charge in [-0.25, -0.2) is 15.0 Å². The zero-order valence-corrected chi connectivity index (χ0v) is 22.2. The number of aryl methyl sites for hydroxylation is 2. The standard InChI is InChI=1S/C24H25F3N6O3S2/c1-13-19(38-14(2)29-13)16-11-37-22(30-16)31-18-4-3-15(9-28-18)20(35)33-8-7-32(10-17(33)24(25,26)27)21(36)23(12-34)5-6-23/h3-4,9,11,17,34H,5-8,10,12H2,1-2H3,(H,28,30,31). The Bertz CT molecular complexity index is 1350. The van der Waals surface area contributed by atoms with Gasteiger partial charge in [-0.1, -0.05) is 0 Å². The summed E-state index contributed by atoms with van der Waals surface area (Å²) in [6.45, 7) is 2.50. The molecule has 2 N–H and O–H groups in total. The molecule has 1 aliphatic carbocycles. The minimum Gasteiger partial charge on any atom is -0.395 e. The molecule has 4 heterocycles. The molecule has 2 amide bonds. The van der Waals surface area contributed by atoms with Crippen LogP contribution in [0.15, 0.2) is 23.7 Å². The van der Waals surface area contributed by atoms with Crippen molar-refractivity contribution >= 4 is 45.4 Å². The molecule has 5 rings (SSSR count). The van der Waals surface area contributed by atoms with E-state index in [1.807, 2.05) is 19.2 Å². The third-order valence-corrected chi connectivity index (χ3v) is 8.66. The van der Waals surface area contributed by atoms with Crippen molar-refractivity contribution in [2.75, 3.05) is 31.6 Å². The molecule has 0 radical (unpaired) electrons. The maximum atomic E-state index is 13.9. The topological polar surface area (TPSA) is 112 Å². The Morgan fingerprint density at radius 1 is 1.21 bits per heavy atom. The summed E-state index contributed by atoms with van der Waals surface area (Å²) < 4.78 is 41.8. The summed E-state index contributed by atoms with van der Waals surface area (Å²) in [5, 5.41) is 16.0. The molecule has 1 aliphatic heterocycles. The van der Waals surface area contributed by atoms with Crippen LogP contribution in [0.25, 0.3) is 10.6 Å². The molecular formula is C24H25F3N6O3S2. The summed E-state index contributed by atoms with van der Waals surface area (Å²) in [6, 6.07) is 0.780. The number of piperazine rings is 1. The van der Waals surface area contributed by atoms with E-state index in [0.29, 0.717) is 23.8 Å². The molecule has 1 saturated heterocycles. The molecule has 14 heteroatoms. The van der Waals surface area contributed by atoms with Crippen LogP contribution in [0.3, 0.4) is 0 Å². The number of aliphatic hydroxyl groups excluding tert-OH is 1. The van der Waals surface area contributed by atoms with Gasteiger partial charge in [-0.2, -0.15) is 13.2 Å². The van der Waals surface area contributed by atoms with E-state index in [4.69, 9.17) is 0 Å². The Balaban J connectivity index is 1.27. The number of pyridine rings is 1. The number of carbonyl (C=O) groups excluding carboxylic acids is 2. The van der Waals surface area contributed by atoms with E-state index < -0.39 is 36.0 Å². The SMILES string of the molecule is Cc1nc(C)c(-c2csc(Nc3ccc(C(=O)N4CCN(C(=O)C5(CO)CC5)CC4C(F)(F)F)cn3)n2)s1. The summed E-state index contributed by atoms with van der Waals surface area (Å²) in [4.78, 5) is 41.8. The number of alkyl halides is 3. The highest BCUT2D eigenvalue weighted by molar-refractivity contribution is 7.16. The van der Waals surface area contributed by atoms with Crippen LogP contribution in [0, 0.1) is 19.3 Å². The maximum absolute atomic E-state index is 13.9. The fraction of sp³-hybridized carbons (Fsp3) is 0.458. The summed E-state index contributed by atoms with van der Waals surface area (Å²) >= 11 is 2.92. The molecule has 3 aromatic rings. The van der Waals surface area contributed by atoms with E-state index in [1.165, 1.54) is 29.7 Å². The first kappa shape index (κ1) is 26.5. The summed E-state index contributed by atoms with van der Waals surface area (Å²) in [6.07, 6.45) is -2.59. The molecule has 3 aromatic heterocycles. The Labute approximate surface area is 224 Å². The number of amides is 2. The molecule has 0 spiro atoms. The molecule has 202 valence electrons. The normalized spacial score (nSPS) is 18.9. The molecular weight excluding hydrogens is 541 g/mol. The first-order valence-electron chi connectivity index (χ1n) is 11.9. The van der Waals surface area contributed by atoms with Crippen LogP contribution in [0.1, 0.15) is 33.9 Å². The highest BCUT2D eigenvalue weighted by atomic mass is 32.1. The number of aliphatic hydroxyl groups is 1. The fourth-order valence-electron chi connectivity index (χ4n) is 4.49. The minimum atomic E-state index is -4.73. The van der Waals surface area contributed by atoms with Crippen LogP contribution in [0.4, 0.5) is 24.1 Å². The molecule has 38 heavy (non-hydrogen) atoms. The van der Waals surface area contributed by atoms with Gasteiger partial charge in [0.05, 0.1) is 45.4 Å². The number of carbonyl (C=O) groups is 2. The quantitative estimate of drug-likeness (QED) is 0.464. The number of thiazole rings is 2. The Morgan fingerprint density at radius 2 is 1.97 bits per heavy atom. The van der Waals surface area contributed by atoms with Crippen molar-refractivity contribution in [3.63, 3.8) is 0 Å². The third-order valence-electron chi connectivity index (χ3n) is 6.80. The van der Waals surface area contributed by atoms with E-state index in [0.717, 1.165) is 31.1 Å². The molecule has 1 saturated carbocycles. The van der Waals surface area contributed by atoms with E-state index >= 15 is 0 Å². The van der Waals surface area contributed by atoms with Crippen LogP contribution in [-0.4, -0.2) is 80.1 Å². The second-order valence-corrected chi connectivity index (χ2v) is 11.5. The van der Waals surface area contributed by atoms with E-state index in [-0.39, 0.29) is 25.3 Å². The van der Waals surface area contributed by atoms with Crippen LogP contribution >= 0.6 is 22.7 Å². The number of aromatic nitrogens is 3. The highest BCUT2D eigenvalue weighted by Gasteiger charge is 2.55. The molecule has 1 unspecified atom stereocenters. The van der Waals surface area contributed by atoms with E-state index in [2.05, 4.69) is 20.3 Å². The zero-order chi connectivity index (χ0) is 27.2. The van der Waals surface area contributed by atoms with Gasteiger partial charge < -0.3 is 20.2 Å². The number of hydrogen-bond donors (Lipinski definition) is 2. The van der Waals surface area contributed by atoms with Crippen LogP contribution in [0.5, 0.6) is 0 Å². The lowest BCUT2D eigenvalue weighted by molar-refractivity contribution is -0.191. The van der Waals surface area contributed by atoms with E-state index in [9.17, 15) is 27.9 Å². The first-order chi connectivity index (χ1) is 18.0. The third kappa shape index (κ3) is 5.12. The van der Waals surface area contributed by atoms with Gasteiger partial charge in [0.2, 0.25) is 5.91 Å². The molecule has 2 aliphatic rings. The van der Waals surface area contributed by atoms with Crippen LogP contribution in [-0.2, 0) is 4.79 Å². The van der Waals surface area contributed by atoms with Crippen molar-refractivity contribution in [3.8, 4) is 10.6 Å². The first-order valence-corrected chi connectivity index (χ1v) is 13.6. The lowest BCUT2D eigenvalue weighted by Crippen LogP contribution is -2.62. The van der Waals surface area contributed by atoms with Gasteiger partial charge in [0.1, 0.15) is 11.9 Å². The zero-order valence-electron chi connectivity index (χ0n) is 20.6. The number of hydrogen-bond acceptors (Lipinski definition) is 9. The minimum absolute atomic E-state index is 0.00851. The lowest BCUT2D eigenvalue weighted by atomic mass is 10.0. The molecule has 9 nitrogen and oxygen atoms in total. The summed E-state index contributed by atoms with van der Waals surface area (Å²) in [5.41, 5.74) is 0.725. The summed E-state index contributed by atoms with van der Waals surface area (Å²) in [7, 11) is 0. The number of halogens is 3. The van der Waals surface area contributed by atoms with Gasteiger partial charge in [-0.15, -0.1) is 22.7 Å². The maximum Gasteiger partial charge on any atom is 0.410 e. The second-order valence-electron chi connectivity index (χ2n) is 9.49. The Kier molecular flexibility index (Phi) is 6.90. The lowest BCUT2D eigenvalue weighted by Gasteiger charge is -2.42. The van der Waals surface area contributed by atoms with Gasteiger partial charge in [0, 0.05) is 24.7 Å². The highest BCUT2D eigenvalue weighted by Crippen LogP contribution is 2.47. The fourth-order valence-corrected chi connectivity index (χ4v) is 6.15. The van der Waals surface area contributed by atoms with Gasteiger partial charge in [0.15, 0.2) is 5.13 Å². The van der Waals surface area contributed by atoms with Crippen molar-refractivity contribution in [1.29, 1.82) is 0 Å². The average Bonchev–Trinajstić information content (AvgIpc) is 3.44. The molecule has 0 bridgehead atoms. The summed E-state index contributed by atoms with van der Waals surface area (Å²) in [5.74, 6) is -0.903. The van der Waals surface area contributed by atoms with Gasteiger partial charge in [-0.3, -0.25) is 9.59 Å². The van der Waals surface area contributed by atoms with E-state index in [1.54, 1.807) is 11.3 Å². The number of nitrogens with one attached hydrogen (secondary N) is 1.